The van der Waals surface area contributed by atoms with Crippen molar-refractivity contribution < 1.29 is 18.8 Å². The summed E-state index contributed by atoms with van der Waals surface area (Å²) in [5.41, 5.74) is 4.85. The van der Waals surface area contributed by atoms with Crippen molar-refractivity contribution in [3.8, 4) is 0 Å². The minimum Gasteiger partial charge on any atom is -0.281 e. The molecule has 0 fully saturated rings. The standard InChI is InChI=1S/C24H24F2N4O2.C4H10/c1-14-12-23(30(32)28-24-11-6-8-15(2)27-24)21(26)13-22(14)29(18(5)31)17(4)19-9-7-10-20(25)16(19)3;1-3-4-2/h6-13,32H,4H2,1-3,5H3,(H,27,28);3-4H2,1-2H3. The second kappa shape index (κ2) is 12.8. The van der Waals surface area contributed by atoms with Crippen LogP contribution in [-0.4, -0.2) is 16.1 Å². The van der Waals surface area contributed by atoms with Crippen molar-refractivity contribution in [2.24, 2.45) is 0 Å². The van der Waals surface area contributed by atoms with Crippen LogP contribution >= 0.6 is 0 Å². The lowest BCUT2D eigenvalue weighted by atomic mass is 10.0. The Morgan fingerprint density at radius 3 is 2.22 bits per heavy atom. The van der Waals surface area contributed by atoms with Crippen LogP contribution in [0.4, 0.5) is 26.0 Å². The normalized spacial score (nSPS) is 10.2. The van der Waals surface area contributed by atoms with Crippen LogP contribution < -0.4 is 15.5 Å². The molecule has 8 heteroatoms. The molecule has 192 valence electrons. The van der Waals surface area contributed by atoms with Gasteiger partial charge in [0.1, 0.15) is 17.3 Å². The first-order chi connectivity index (χ1) is 17.0. The number of hydrogen-bond acceptors (Lipinski definition) is 5. The van der Waals surface area contributed by atoms with Gasteiger partial charge in [0.15, 0.2) is 5.82 Å². The van der Waals surface area contributed by atoms with E-state index in [1.54, 1.807) is 45.0 Å². The Morgan fingerprint density at radius 2 is 1.64 bits per heavy atom. The van der Waals surface area contributed by atoms with Crippen LogP contribution in [0.2, 0.25) is 0 Å². The van der Waals surface area contributed by atoms with Crippen LogP contribution in [0, 0.1) is 32.4 Å². The van der Waals surface area contributed by atoms with Gasteiger partial charge in [-0.3, -0.25) is 20.3 Å². The first kappa shape index (κ1) is 28.5. The van der Waals surface area contributed by atoms with Gasteiger partial charge in [-0.25, -0.2) is 13.8 Å². The van der Waals surface area contributed by atoms with Crippen LogP contribution in [0.1, 0.15) is 56.0 Å². The van der Waals surface area contributed by atoms with Crippen molar-refractivity contribution in [3.05, 3.63) is 89.1 Å². The van der Waals surface area contributed by atoms with Gasteiger partial charge in [0.05, 0.1) is 5.69 Å². The molecule has 2 aromatic carbocycles. The van der Waals surface area contributed by atoms with E-state index in [9.17, 15) is 14.4 Å². The fraction of sp³-hybridized carbons (Fsp3) is 0.286. The molecule has 6 nitrogen and oxygen atoms in total. The van der Waals surface area contributed by atoms with Gasteiger partial charge in [-0.2, -0.15) is 5.17 Å². The summed E-state index contributed by atoms with van der Waals surface area (Å²) in [4.78, 5) is 17.9. The molecular formula is C28H34F2N4O2. The number of hydrogen-bond donors (Lipinski definition) is 2. The third-order valence-electron chi connectivity index (χ3n) is 5.51. The number of carbonyl (C=O) groups excluding carboxylic acids is 1. The smallest absolute Gasteiger partial charge is 0.228 e. The maximum absolute atomic E-state index is 15.0. The Hall–Kier alpha value is -3.78. The molecule has 1 aromatic heterocycles. The fourth-order valence-electron chi connectivity index (χ4n) is 3.38. The summed E-state index contributed by atoms with van der Waals surface area (Å²) < 4.78 is 29.1. The Bertz CT molecular complexity index is 1230. The molecule has 0 spiro atoms. The molecule has 0 unspecified atom stereocenters. The first-order valence-corrected chi connectivity index (χ1v) is 11.8. The van der Waals surface area contributed by atoms with E-state index in [4.69, 9.17) is 0 Å². The van der Waals surface area contributed by atoms with E-state index in [2.05, 4.69) is 30.8 Å². The van der Waals surface area contributed by atoms with Gasteiger partial charge in [-0.05, 0) is 56.2 Å². The zero-order valence-electron chi connectivity index (χ0n) is 21.7. The summed E-state index contributed by atoms with van der Waals surface area (Å²) in [7, 11) is 0. The van der Waals surface area contributed by atoms with Gasteiger partial charge >= 0.3 is 0 Å². The number of anilines is 3. The van der Waals surface area contributed by atoms with E-state index >= 15 is 4.39 Å². The number of nitrogens with one attached hydrogen (secondary N) is 1. The minimum absolute atomic E-state index is 0.161. The van der Waals surface area contributed by atoms with E-state index in [1.165, 1.54) is 42.9 Å². The summed E-state index contributed by atoms with van der Waals surface area (Å²) in [5, 5.41) is 10.9. The molecule has 0 radical (unpaired) electrons. The molecule has 0 saturated carbocycles. The monoisotopic (exact) mass is 496 g/mol. The van der Waals surface area contributed by atoms with Gasteiger partial charge in [-0.1, -0.05) is 51.5 Å². The maximum Gasteiger partial charge on any atom is 0.228 e. The first-order valence-electron chi connectivity index (χ1n) is 11.8. The molecule has 36 heavy (non-hydrogen) atoms. The van der Waals surface area contributed by atoms with Crippen LogP contribution in [0.5, 0.6) is 0 Å². The minimum atomic E-state index is -0.789. The predicted molar refractivity (Wildman–Crippen MR) is 142 cm³/mol. The lowest BCUT2D eigenvalue weighted by molar-refractivity contribution is -0.115. The highest BCUT2D eigenvalue weighted by Gasteiger charge is 2.23. The lowest BCUT2D eigenvalue weighted by Crippen LogP contribution is -2.29. The van der Waals surface area contributed by atoms with Gasteiger partial charge in [0, 0.05) is 29.9 Å². The van der Waals surface area contributed by atoms with Crippen molar-refractivity contribution in [1.82, 2.24) is 4.98 Å². The SMILES string of the molecule is C=C(c1cccc(F)c1C)N(C(C)=O)c1cc(F)c(N(O)Nc2cccc(C)n2)cc1C.CCCC. The summed E-state index contributed by atoms with van der Waals surface area (Å²) in [6.07, 6.45) is 2.64. The number of aryl methyl sites for hydroxylation is 2. The number of rotatable bonds is 7. The van der Waals surface area contributed by atoms with Crippen molar-refractivity contribution in [2.45, 2.75) is 54.4 Å². The van der Waals surface area contributed by atoms with E-state index < -0.39 is 17.5 Å². The number of unbranched alkanes of at least 4 members (excludes halogenated alkanes) is 1. The summed E-state index contributed by atoms with van der Waals surface area (Å²) in [6.45, 7) is 14.7. The van der Waals surface area contributed by atoms with Gasteiger partial charge in [0.2, 0.25) is 5.91 Å². The zero-order valence-corrected chi connectivity index (χ0v) is 21.7. The van der Waals surface area contributed by atoms with Crippen molar-refractivity contribution in [1.29, 1.82) is 0 Å². The molecular weight excluding hydrogens is 462 g/mol. The van der Waals surface area contributed by atoms with Crippen molar-refractivity contribution in [2.75, 3.05) is 15.5 Å². The number of carbonyl (C=O) groups is 1. The quantitative estimate of drug-likeness (QED) is 0.335. The number of amides is 1. The fourth-order valence-corrected chi connectivity index (χ4v) is 3.38. The molecule has 0 aliphatic heterocycles. The van der Waals surface area contributed by atoms with E-state index in [-0.39, 0.29) is 17.1 Å². The molecule has 3 aromatic rings. The van der Waals surface area contributed by atoms with Crippen molar-refractivity contribution >= 4 is 28.8 Å². The Balaban J connectivity index is 0.00000106. The largest absolute Gasteiger partial charge is 0.281 e. The topological polar surface area (TPSA) is 68.7 Å². The van der Waals surface area contributed by atoms with E-state index in [1.807, 2.05) is 0 Å². The van der Waals surface area contributed by atoms with Crippen LogP contribution in [0.15, 0.2) is 55.1 Å². The van der Waals surface area contributed by atoms with E-state index in [0.717, 1.165) is 11.8 Å². The van der Waals surface area contributed by atoms with Crippen LogP contribution in [-0.2, 0) is 4.79 Å². The van der Waals surface area contributed by atoms with Crippen molar-refractivity contribution in [3.63, 3.8) is 0 Å². The van der Waals surface area contributed by atoms with Crippen LogP contribution in [0.3, 0.4) is 0 Å². The number of nitrogens with zero attached hydrogens (tertiary/aromatic N) is 3. The average Bonchev–Trinajstić information content (AvgIpc) is 2.82. The molecule has 3 rings (SSSR count). The molecule has 2 N–H and O–H groups in total. The lowest BCUT2D eigenvalue weighted by Gasteiger charge is -2.28. The van der Waals surface area contributed by atoms with Crippen LogP contribution in [0.25, 0.3) is 5.70 Å². The summed E-state index contributed by atoms with van der Waals surface area (Å²) in [5.74, 6) is -1.31. The van der Waals surface area contributed by atoms with Gasteiger partial charge in [0.25, 0.3) is 0 Å². The zero-order chi connectivity index (χ0) is 27.0. The summed E-state index contributed by atoms with van der Waals surface area (Å²) in [6, 6.07) is 12.1. The van der Waals surface area contributed by atoms with Gasteiger partial charge < -0.3 is 0 Å². The highest BCUT2D eigenvalue weighted by Crippen LogP contribution is 2.34. The second-order valence-electron chi connectivity index (χ2n) is 8.39. The van der Waals surface area contributed by atoms with Gasteiger partial charge in [-0.15, -0.1) is 0 Å². The molecule has 0 saturated heterocycles. The number of pyridine rings is 1. The Kier molecular flexibility index (Phi) is 10.1. The second-order valence-corrected chi connectivity index (χ2v) is 8.39. The number of halogens is 2. The third-order valence-corrected chi connectivity index (χ3v) is 5.51. The molecule has 0 atom stereocenters. The number of hydrazine groups is 1. The third kappa shape index (κ3) is 6.88. The molecule has 0 bridgehead atoms. The Labute approximate surface area is 211 Å². The van der Waals surface area contributed by atoms with E-state index in [0.29, 0.717) is 27.7 Å². The Morgan fingerprint density at radius 1 is 1.00 bits per heavy atom. The summed E-state index contributed by atoms with van der Waals surface area (Å²) >= 11 is 0. The predicted octanol–water partition coefficient (Wildman–Crippen LogP) is 7.34. The molecule has 1 heterocycles. The number of benzene rings is 2. The number of aromatic nitrogens is 1. The average molecular weight is 497 g/mol. The molecule has 0 aliphatic rings. The molecule has 1 amide bonds. The maximum atomic E-state index is 15.0. The molecule has 0 aliphatic carbocycles. The highest BCUT2D eigenvalue weighted by atomic mass is 19.1. The highest BCUT2D eigenvalue weighted by molar-refractivity contribution is 6.05.